The molecule has 0 aliphatic carbocycles. The van der Waals surface area contributed by atoms with E-state index in [1.54, 1.807) is 17.5 Å². The molecule has 0 fully saturated rings. The Hall–Kier alpha value is 1.55. The van der Waals surface area contributed by atoms with Crippen LogP contribution in [0.25, 0.3) is 0 Å². The molecule has 0 unspecified atom stereocenters. The quantitative estimate of drug-likeness (QED) is 0.504. The first-order valence-corrected chi connectivity index (χ1v) is 11.3. The second-order valence-corrected chi connectivity index (χ2v) is 17.5. The molecule has 0 nitrogen and oxygen atoms in total. The summed E-state index contributed by atoms with van der Waals surface area (Å²) in [6, 6.07) is 0. The molecule has 0 aromatic heterocycles. The minimum atomic E-state index is -1.29. The molecule has 0 aromatic rings. The maximum atomic E-state index is 2.39. The Balaban J connectivity index is 0. The Morgan fingerprint density at radius 3 is 0.900 bits per heavy atom. The average molecular weight is 365 g/mol. The van der Waals surface area contributed by atoms with Gasteiger partial charge in [-0.1, -0.05) is 0 Å². The average Bonchev–Trinajstić information content (AvgIpc) is 1.95. The van der Waals surface area contributed by atoms with E-state index in [4.69, 9.17) is 0 Å². The van der Waals surface area contributed by atoms with Crippen LogP contribution in [-0.2, 0) is 0 Å². The van der Waals surface area contributed by atoms with Crippen molar-refractivity contribution >= 4 is 18.8 Å². The third-order valence-corrected chi connectivity index (χ3v) is 18.0. The van der Waals surface area contributed by atoms with E-state index in [-0.39, 0.29) is 24.0 Å². The van der Waals surface area contributed by atoms with Crippen LogP contribution in [0.1, 0.15) is 27.7 Å². The predicted molar refractivity (Wildman–Crippen MR) is 47.7 cm³/mol. The van der Waals surface area contributed by atoms with Gasteiger partial charge in [-0.15, -0.1) is 0 Å². The van der Waals surface area contributed by atoms with Crippen LogP contribution in [0.2, 0.25) is 17.5 Å². The molecule has 2 heteroatoms. The zero-order chi connectivity index (χ0) is 7.33. The second kappa shape index (κ2) is 7.21. The molecule has 0 aliphatic heterocycles. The monoisotopic (exact) mass is 364 g/mol. The molecule has 0 atom stereocenters. The summed E-state index contributed by atoms with van der Waals surface area (Å²) in [5.41, 5.74) is 0. The SMILES string of the molecule is C[CH2][Sb+]([CH2]C)([CH2]C)[CH2]C.[I-]. The van der Waals surface area contributed by atoms with Crippen LogP contribution in [0.15, 0.2) is 0 Å². The molecule has 10 heavy (non-hydrogen) atoms. The molecule has 0 aromatic carbocycles. The summed E-state index contributed by atoms with van der Waals surface area (Å²) in [6.07, 6.45) is 0. The van der Waals surface area contributed by atoms with E-state index < -0.39 is 18.8 Å². The Morgan fingerprint density at radius 1 is 0.700 bits per heavy atom. The summed E-state index contributed by atoms with van der Waals surface area (Å²) < 4.78 is 6.18. The first-order chi connectivity index (χ1) is 4.24. The number of hydrogen-bond acceptors (Lipinski definition) is 0. The molecule has 0 aliphatic rings. The van der Waals surface area contributed by atoms with E-state index >= 15 is 0 Å². The van der Waals surface area contributed by atoms with Crippen molar-refractivity contribution in [3.63, 3.8) is 0 Å². The Kier molecular flexibility index (Phi) is 10.2. The van der Waals surface area contributed by atoms with Crippen LogP contribution in [-0.4, -0.2) is 18.8 Å². The fourth-order valence-electron chi connectivity index (χ4n) is 1.34. The molecule has 0 amide bonds. The van der Waals surface area contributed by atoms with Crippen LogP contribution in [0.5, 0.6) is 0 Å². The number of hydrogen-bond donors (Lipinski definition) is 0. The van der Waals surface area contributed by atoms with Gasteiger partial charge in [-0.2, -0.15) is 0 Å². The van der Waals surface area contributed by atoms with Gasteiger partial charge in [0.25, 0.3) is 0 Å². The summed E-state index contributed by atoms with van der Waals surface area (Å²) in [5.74, 6) is 0. The summed E-state index contributed by atoms with van der Waals surface area (Å²) >= 11 is -1.29. The van der Waals surface area contributed by atoms with Crippen LogP contribution in [0, 0.1) is 0 Å². The van der Waals surface area contributed by atoms with Crippen molar-refractivity contribution in [2.75, 3.05) is 0 Å². The molecule has 0 spiro atoms. The smallest absolute Gasteiger partial charge is 1.00 e. The van der Waals surface area contributed by atoms with Gasteiger partial charge in [0, 0.05) is 0 Å². The van der Waals surface area contributed by atoms with Crippen molar-refractivity contribution in [1.82, 2.24) is 0 Å². The van der Waals surface area contributed by atoms with E-state index in [2.05, 4.69) is 27.7 Å². The van der Waals surface area contributed by atoms with Gasteiger partial charge in [0.15, 0.2) is 0 Å². The normalized spacial score (nSPS) is 10.8. The first kappa shape index (κ1) is 14.1. The zero-order valence-electron chi connectivity index (χ0n) is 7.65. The summed E-state index contributed by atoms with van der Waals surface area (Å²) in [6.45, 7) is 9.56. The van der Waals surface area contributed by atoms with Gasteiger partial charge in [0.2, 0.25) is 0 Å². The van der Waals surface area contributed by atoms with E-state index in [1.807, 2.05) is 0 Å². The first-order valence-electron chi connectivity index (χ1n) is 4.09. The number of halogens is 1. The fourth-order valence-corrected chi connectivity index (χ4v) is 9.00. The molecular formula is C8H20ISb. The maximum absolute atomic E-state index is 2.39. The molecular weight excluding hydrogens is 345 g/mol. The molecule has 0 heterocycles. The van der Waals surface area contributed by atoms with Crippen molar-refractivity contribution < 1.29 is 24.0 Å². The molecule has 0 rings (SSSR count). The van der Waals surface area contributed by atoms with Crippen molar-refractivity contribution in [3.8, 4) is 0 Å². The van der Waals surface area contributed by atoms with Crippen molar-refractivity contribution in [1.29, 1.82) is 0 Å². The third-order valence-electron chi connectivity index (χ3n) is 2.68. The van der Waals surface area contributed by atoms with Gasteiger partial charge in [0.05, 0.1) is 0 Å². The molecule has 0 saturated heterocycles. The van der Waals surface area contributed by atoms with Crippen molar-refractivity contribution in [2.24, 2.45) is 0 Å². The summed E-state index contributed by atoms with van der Waals surface area (Å²) in [7, 11) is 0. The van der Waals surface area contributed by atoms with Crippen LogP contribution >= 0.6 is 0 Å². The minimum absolute atomic E-state index is 0. The Bertz CT molecular complexity index is 52.1. The van der Waals surface area contributed by atoms with Gasteiger partial charge in [-0.25, -0.2) is 0 Å². The van der Waals surface area contributed by atoms with Gasteiger partial charge in [0.1, 0.15) is 0 Å². The van der Waals surface area contributed by atoms with E-state index in [1.165, 1.54) is 0 Å². The van der Waals surface area contributed by atoms with Crippen LogP contribution in [0.4, 0.5) is 0 Å². The van der Waals surface area contributed by atoms with Crippen molar-refractivity contribution in [3.05, 3.63) is 0 Å². The standard InChI is InChI=1S/4C2H5.HI.Sb/c4*1-2;;/h4*1H2,2H3;1H;/q;;;;;+1/p-1. The van der Waals surface area contributed by atoms with Crippen LogP contribution < -0.4 is 24.0 Å². The third kappa shape index (κ3) is 3.80. The Morgan fingerprint density at radius 2 is 0.900 bits per heavy atom. The molecule has 0 bridgehead atoms. The summed E-state index contributed by atoms with van der Waals surface area (Å²) in [5, 5.41) is 0. The van der Waals surface area contributed by atoms with Gasteiger partial charge in [-0.05, 0) is 0 Å². The largest absolute Gasteiger partial charge is 1.00 e. The second-order valence-electron chi connectivity index (χ2n) is 2.61. The van der Waals surface area contributed by atoms with E-state index in [9.17, 15) is 0 Å². The molecule has 64 valence electrons. The molecule has 0 radical (unpaired) electrons. The minimum Gasteiger partial charge on any atom is -1.00 e. The maximum Gasteiger partial charge on any atom is -1.00 e. The van der Waals surface area contributed by atoms with Gasteiger partial charge >= 0.3 is 64.0 Å². The van der Waals surface area contributed by atoms with E-state index in [0.29, 0.717) is 0 Å². The molecule has 0 saturated carbocycles. The van der Waals surface area contributed by atoms with Crippen molar-refractivity contribution in [2.45, 2.75) is 45.2 Å². The zero-order valence-corrected chi connectivity index (χ0v) is 12.4. The van der Waals surface area contributed by atoms with Gasteiger partial charge in [-0.3, -0.25) is 0 Å². The topological polar surface area (TPSA) is 0 Å². The van der Waals surface area contributed by atoms with Crippen LogP contribution in [0.3, 0.4) is 0 Å². The van der Waals surface area contributed by atoms with E-state index in [0.717, 1.165) is 0 Å². The van der Waals surface area contributed by atoms with Gasteiger partial charge < -0.3 is 24.0 Å². The number of rotatable bonds is 4. The fraction of sp³-hybridized carbons (Fsp3) is 1.00. The summed E-state index contributed by atoms with van der Waals surface area (Å²) in [4.78, 5) is 0. The predicted octanol–water partition coefficient (Wildman–Crippen LogP) is 0.519. The Labute approximate surface area is 87.2 Å². The molecule has 0 N–H and O–H groups in total.